The highest BCUT2D eigenvalue weighted by atomic mass is 32.1. The third kappa shape index (κ3) is 11.6. The van der Waals surface area contributed by atoms with Gasteiger partial charge in [-0.05, 0) is 86.7 Å². The van der Waals surface area contributed by atoms with Gasteiger partial charge < -0.3 is 20.0 Å². The van der Waals surface area contributed by atoms with Gasteiger partial charge in [-0.3, -0.25) is 4.79 Å². The van der Waals surface area contributed by atoms with Gasteiger partial charge in [0, 0.05) is 55.3 Å². The Morgan fingerprint density at radius 2 is 1.68 bits per heavy atom. The molecule has 4 rings (SSSR count). The van der Waals surface area contributed by atoms with Gasteiger partial charge in [-0.2, -0.15) is 0 Å². The molecule has 1 aliphatic rings. The molecule has 2 aromatic carbocycles. The minimum atomic E-state index is -0.367. The highest BCUT2D eigenvalue weighted by molar-refractivity contribution is 7.09. The van der Waals surface area contributed by atoms with Gasteiger partial charge in [-0.15, -0.1) is 11.3 Å². The zero-order valence-electron chi connectivity index (χ0n) is 31.7. The number of allylic oxidation sites excluding steroid dienone is 1. The SMILES string of the molecule is C=C(NCCC1CCCN1C)C(Cc1cccs1)N(CC)C(=O)[C@@H](Cc1ccc(-c2ccccc2)cc1)N(C)C(=C)CCCC(C)CCCC. The van der Waals surface area contributed by atoms with Gasteiger partial charge in [-0.1, -0.05) is 113 Å². The predicted octanol–water partition coefficient (Wildman–Crippen LogP) is 9.82. The number of likely N-dealkylation sites (N-methyl/N-ethyl adjacent to an activating group) is 2. The van der Waals surface area contributed by atoms with Gasteiger partial charge in [0.25, 0.3) is 0 Å². The lowest BCUT2D eigenvalue weighted by atomic mass is 9.96. The van der Waals surface area contributed by atoms with Crippen LogP contribution in [0, 0.1) is 5.92 Å². The summed E-state index contributed by atoms with van der Waals surface area (Å²) in [5.41, 5.74) is 5.51. The number of unbranched alkanes of at least 4 members (excludes halogenated alkanes) is 1. The molecule has 0 aliphatic carbocycles. The Labute approximate surface area is 308 Å². The van der Waals surface area contributed by atoms with Crippen molar-refractivity contribution in [3.05, 3.63) is 107 Å². The van der Waals surface area contributed by atoms with Crippen molar-refractivity contribution in [3.8, 4) is 11.1 Å². The van der Waals surface area contributed by atoms with E-state index >= 15 is 0 Å². The Kier molecular flexibility index (Phi) is 16.2. The number of amides is 1. The Balaban J connectivity index is 1.55. The summed E-state index contributed by atoms with van der Waals surface area (Å²) < 4.78 is 0. The summed E-state index contributed by atoms with van der Waals surface area (Å²) >= 11 is 1.75. The number of nitrogens with one attached hydrogen (secondary N) is 1. The van der Waals surface area contributed by atoms with Crippen LogP contribution < -0.4 is 5.32 Å². The zero-order valence-corrected chi connectivity index (χ0v) is 32.5. The Morgan fingerprint density at radius 1 is 0.960 bits per heavy atom. The smallest absolute Gasteiger partial charge is 0.246 e. The normalized spacial score (nSPS) is 16.5. The lowest BCUT2D eigenvalue weighted by molar-refractivity contribution is -0.137. The molecule has 272 valence electrons. The molecule has 3 unspecified atom stereocenters. The van der Waals surface area contributed by atoms with Crippen molar-refractivity contribution in [1.29, 1.82) is 0 Å². The van der Waals surface area contributed by atoms with E-state index in [-0.39, 0.29) is 18.0 Å². The average molecular weight is 697 g/mol. The molecule has 1 fully saturated rings. The first-order chi connectivity index (χ1) is 24.2. The number of hydrogen-bond acceptors (Lipinski definition) is 5. The molecule has 1 N–H and O–H groups in total. The maximum Gasteiger partial charge on any atom is 0.246 e. The molecule has 50 heavy (non-hydrogen) atoms. The molecule has 3 aromatic rings. The molecule has 0 bridgehead atoms. The molecule has 2 heterocycles. The Bertz CT molecular complexity index is 1440. The van der Waals surface area contributed by atoms with E-state index in [0.29, 0.717) is 19.0 Å². The van der Waals surface area contributed by atoms with E-state index in [1.165, 1.54) is 61.1 Å². The highest BCUT2D eigenvalue weighted by Crippen LogP contribution is 2.26. The van der Waals surface area contributed by atoms with E-state index in [4.69, 9.17) is 0 Å². The molecular formula is C44H64N4OS. The van der Waals surface area contributed by atoms with Crippen LogP contribution in [0.15, 0.2) is 96.7 Å². The summed E-state index contributed by atoms with van der Waals surface area (Å²) in [6, 6.07) is 23.6. The molecule has 4 atom stereocenters. The second kappa shape index (κ2) is 20.5. The molecule has 1 saturated heterocycles. The number of nitrogens with zero attached hydrogens (tertiary/aromatic N) is 3. The summed E-state index contributed by atoms with van der Waals surface area (Å²) in [6.07, 6.45) is 12.0. The average Bonchev–Trinajstić information content (AvgIpc) is 3.81. The number of carbonyl (C=O) groups is 1. The topological polar surface area (TPSA) is 38.8 Å². The van der Waals surface area contributed by atoms with Crippen LogP contribution in [0.25, 0.3) is 11.1 Å². The first-order valence-corrected chi connectivity index (χ1v) is 20.1. The van der Waals surface area contributed by atoms with Gasteiger partial charge in [-0.25, -0.2) is 0 Å². The first-order valence-electron chi connectivity index (χ1n) is 19.2. The van der Waals surface area contributed by atoms with Crippen molar-refractivity contribution in [3.63, 3.8) is 0 Å². The second-order valence-corrected chi connectivity index (χ2v) is 15.6. The molecule has 6 heteroatoms. The fraction of sp³-hybridized carbons (Fsp3) is 0.523. The van der Waals surface area contributed by atoms with Crippen molar-refractivity contribution >= 4 is 17.2 Å². The lowest BCUT2D eigenvalue weighted by Gasteiger charge is -2.39. The minimum absolute atomic E-state index is 0.139. The number of likely N-dealkylation sites (tertiary alicyclic amines) is 1. The van der Waals surface area contributed by atoms with E-state index in [0.717, 1.165) is 55.1 Å². The molecule has 0 spiro atoms. The third-order valence-corrected chi connectivity index (χ3v) is 11.7. The van der Waals surface area contributed by atoms with E-state index in [1.807, 2.05) is 6.07 Å². The van der Waals surface area contributed by atoms with E-state index in [1.54, 1.807) is 11.3 Å². The van der Waals surface area contributed by atoms with Crippen molar-refractivity contribution in [2.24, 2.45) is 5.92 Å². The fourth-order valence-corrected chi connectivity index (χ4v) is 8.19. The van der Waals surface area contributed by atoms with Crippen LogP contribution in [0.5, 0.6) is 0 Å². The van der Waals surface area contributed by atoms with Gasteiger partial charge in [0.2, 0.25) is 5.91 Å². The van der Waals surface area contributed by atoms with Crippen molar-refractivity contribution in [2.75, 3.05) is 33.7 Å². The lowest BCUT2D eigenvalue weighted by Crippen LogP contribution is -2.53. The van der Waals surface area contributed by atoms with Crippen LogP contribution in [0.3, 0.4) is 0 Å². The third-order valence-electron chi connectivity index (χ3n) is 10.8. The van der Waals surface area contributed by atoms with E-state index < -0.39 is 0 Å². The monoisotopic (exact) mass is 696 g/mol. The van der Waals surface area contributed by atoms with Crippen LogP contribution in [-0.4, -0.2) is 72.5 Å². The molecule has 1 aliphatic heterocycles. The Morgan fingerprint density at radius 3 is 2.32 bits per heavy atom. The van der Waals surface area contributed by atoms with Crippen LogP contribution in [-0.2, 0) is 17.6 Å². The number of benzene rings is 2. The second-order valence-electron chi connectivity index (χ2n) is 14.5. The number of rotatable bonds is 22. The summed E-state index contributed by atoms with van der Waals surface area (Å²) in [5, 5.41) is 5.81. The van der Waals surface area contributed by atoms with E-state index in [2.05, 4.69) is 134 Å². The highest BCUT2D eigenvalue weighted by Gasteiger charge is 2.34. The summed E-state index contributed by atoms with van der Waals surface area (Å²) in [6.45, 7) is 18.5. The number of hydrogen-bond donors (Lipinski definition) is 1. The van der Waals surface area contributed by atoms with Crippen molar-refractivity contribution in [2.45, 2.75) is 110 Å². The molecule has 0 saturated carbocycles. The first kappa shape index (κ1) is 39.4. The maximum absolute atomic E-state index is 15.0. The van der Waals surface area contributed by atoms with Gasteiger partial charge in [0.05, 0.1) is 6.04 Å². The molecular weight excluding hydrogens is 633 g/mol. The van der Waals surface area contributed by atoms with E-state index in [9.17, 15) is 4.79 Å². The largest absolute Gasteiger partial charge is 0.387 e. The molecule has 1 aromatic heterocycles. The fourth-order valence-electron chi connectivity index (χ4n) is 7.45. The van der Waals surface area contributed by atoms with Crippen LogP contribution >= 0.6 is 11.3 Å². The summed E-state index contributed by atoms with van der Waals surface area (Å²) in [7, 11) is 4.31. The van der Waals surface area contributed by atoms with Crippen LogP contribution in [0.1, 0.15) is 89.0 Å². The maximum atomic E-state index is 15.0. The van der Waals surface area contributed by atoms with Crippen LogP contribution in [0.2, 0.25) is 0 Å². The minimum Gasteiger partial charge on any atom is -0.387 e. The van der Waals surface area contributed by atoms with Crippen molar-refractivity contribution in [1.82, 2.24) is 20.0 Å². The van der Waals surface area contributed by atoms with Crippen LogP contribution in [0.4, 0.5) is 0 Å². The molecule has 5 nitrogen and oxygen atoms in total. The number of thiophene rings is 1. The van der Waals surface area contributed by atoms with Gasteiger partial charge in [0.15, 0.2) is 0 Å². The van der Waals surface area contributed by atoms with Gasteiger partial charge in [0.1, 0.15) is 6.04 Å². The number of carbonyl (C=O) groups excluding carboxylic acids is 1. The van der Waals surface area contributed by atoms with Gasteiger partial charge >= 0.3 is 0 Å². The molecule has 0 radical (unpaired) electrons. The quantitative estimate of drug-likeness (QED) is 0.114. The van der Waals surface area contributed by atoms with Crippen molar-refractivity contribution < 1.29 is 4.79 Å². The zero-order chi connectivity index (χ0) is 35.9. The Hall–Kier alpha value is -3.35. The summed E-state index contributed by atoms with van der Waals surface area (Å²) in [5.74, 6) is 0.856. The standard InChI is InChI=1S/C44H64N4OS/c1-8-10-17-34(3)18-14-19-35(4)47(7)43(32-37-24-26-39(27-25-37)38-20-12-11-13-21-38)44(49)48(9-2)42(33-41-23-16-31-50-41)36(5)45-29-28-40-22-15-30-46(40)6/h11-13,16,20-21,23-27,31,34,40,42-43,45H,4-5,8-10,14-15,17-19,22,28-30,32-33H2,1-3,6-7H3/t34?,40?,42?,43-/m1/s1. The molecule has 1 amide bonds. The predicted molar refractivity (Wildman–Crippen MR) is 215 cm³/mol. The summed E-state index contributed by atoms with van der Waals surface area (Å²) in [4.78, 5) is 23.0.